The van der Waals surface area contributed by atoms with Crippen molar-refractivity contribution in [2.45, 2.75) is 25.3 Å². The summed E-state index contributed by atoms with van der Waals surface area (Å²) in [5.74, 6) is -0.168. The molecular formula is C15H19N3O2. The van der Waals surface area contributed by atoms with Crippen molar-refractivity contribution in [1.29, 1.82) is 0 Å². The Bertz CT molecular complexity index is 506. The number of nitrogens with one attached hydrogen (secondary N) is 2. The molecule has 0 aromatic heterocycles. The molecule has 20 heavy (non-hydrogen) atoms. The molecule has 0 saturated carbocycles. The van der Waals surface area contributed by atoms with E-state index in [0.29, 0.717) is 6.04 Å². The van der Waals surface area contributed by atoms with Gasteiger partial charge in [0.2, 0.25) is 11.8 Å². The van der Waals surface area contributed by atoms with Crippen LogP contribution in [0.5, 0.6) is 0 Å². The number of piperazine rings is 1. The minimum atomic E-state index is -0.108. The molecule has 1 aromatic rings. The summed E-state index contributed by atoms with van der Waals surface area (Å²) in [5.41, 5.74) is 2.06. The molecule has 2 aliphatic rings. The summed E-state index contributed by atoms with van der Waals surface area (Å²) in [6.45, 7) is 1.31. The van der Waals surface area contributed by atoms with E-state index in [1.807, 2.05) is 12.1 Å². The summed E-state index contributed by atoms with van der Waals surface area (Å²) in [5, 5.41) is 6.03. The topological polar surface area (TPSA) is 61.4 Å². The number of hydrogen-bond donors (Lipinski definition) is 2. The zero-order chi connectivity index (χ0) is 13.9. The molecule has 3 rings (SSSR count). The van der Waals surface area contributed by atoms with Crippen molar-refractivity contribution >= 4 is 17.5 Å². The maximum absolute atomic E-state index is 11.8. The summed E-state index contributed by atoms with van der Waals surface area (Å²) in [6, 6.07) is 8.54. The first-order chi connectivity index (χ1) is 9.72. The van der Waals surface area contributed by atoms with Crippen molar-refractivity contribution in [3.63, 3.8) is 0 Å². The second-order valence-corrected chi connectivity index (χ2v) is 5.42. The number of anilines is 1. The van der Waals surface area contributed by atoms with Gasteiger partial charge in [0, 0.05) is 11.7 Å². The van der Waals surface area contributed by atoms with E-state index in [1.54, 1.807) is 0 Å². The predicted molar refractivity (Wildman–Crippen MR) is 76.5 cm³/mol. The van der Waals surface area contributed by atoms with Crippen LogP contribution in [-0.2, 0) is 16.0 Å². The molecule has 0 radical (unpaired) electrons. The van der Waals surface area contributed by atoms with E-state index in [1.165, 1.54) is 23.3 Å². The molecule has 106 valence electrons. The minimum Gasteiger partial charge on any atom is -0.345 e. The lowest BCUT2D eigenvalue weighted by molar-refractivity contribution is -0.128. The Morgan fingerprint density at radius 1 is 1.20 bits per heavy atom. The Kier molecular flexibility index (Phi) is 3.69. The first kappa shape index (κ1) is 13.1. The fourth-order valence-electron chi connectivity index (χ4n) is 2.82. The van der Waals surface area contributed by atoms with Crippen LogP contribution in [0.2, 0.25) is 0 Å². The van der Waals surface area contributed by atoms with Crippen LogP contribution >= 0.6 is 0 Å². The van der Waals surface area contributed by atoms with Crippen molar-refractivity contribution in [2.75, 3.05) is 24.5 Å². The van der Waals surface area contributed by atoms with Crippen molar-refractivity contribution in [3.8, 4) is 0 Å². The number of carbonyl (C=O) groups excluding carboxylic acids is 2. The third-order valence-corrected chi connectivity index (χ3v) is 3.93. The van der Waals surface area contributed by atoms with E-state index < -0.39 is 0 Å². The maximum Gasteiger partial charge on any atom is 0.246 e. The Morgan fingerprint density at radius 3 is 2.70 bits per heavy atom. The lowest BCUT2D eigenvalue weighted by Crippen LogP contribution is -2.51. The second kappa shape index (κ2) is 5.63. The molecule has 2 fully saturated rings. The normalized spacial score (nSPS) is 23.0. The zero-order valence-corrected chi connectivity index (χ0v) is 11.4. The van der Waals surface area contributed by atoms with Crippen LogP contribution < -0.4 is 15.5 Å². The zero-order valence-electron chi connectivity index (χ0n) is 11.4. The number of nitrogens with zero attached hydrogens (tertiary/aromatic N) is 1. The van der Waals surface area contributed by atoms with Crippen LogP contribution in [0.1, 0.15) is 18.4 Å². The molecule has 0 aliphatic carbocycles. The fourth-order valence-corrected chi connectivity index (χ4v) is 2.82. The molecule has 1 aromatic carbocycles. The van der Waals surface area contributed by atoms with Crippen molar-refractivity contribution < 1.29 is 9.59 Å². The molecule has 2 heterocycles. The average Bonchev–Trinajstić information content (AvgIpc) is 2.95. The Balaban J connectivity index is 1.68. The number of rotatable bonds is 3. The van der Waals surface area contributed by atoms with Gasteiger partial charge in [-0.25, -0.2) is 0 Å². The summed E-state index contributed by atoms with van der Waals surface area (Å²) >= 11 is 0. The van der Waals surface area contributed by atoms with E-state index in [-0.39, 0.29) is 24.9 Å². The third kappa shape index (κ3) is 2.82. The van der Waals surface area contributed by atoms with Crippen LogP contribution in [0.3, 0.4) is 0 Å². The molecule has 2 aliphatic heterocycles. The van der Waals surface area contributed by atoms with Gasteiger partial charge in [-0.15, -0.1) is 0 Å². The van der Waals surface area contributed by atoms with Crippen LogP contribution in [-0.4, -0.2) is 37.5 Å². The molecule has 2 N–H and O–H groups in total. The van der Waals surface area contributed by atoms with Gasteiger partial charge in [-0.05, 0) is 43.5 Å². The summed E-state index contributed by atoms with van der Waals surface area (Å²) in [4.78, 5) is 24.7. The molecule has 0 bridgehead atoms. The van der Waals surface area contributed by atoms with Crippen LogP contribution in [0.15, 0.2) is 24.3 Å². The number of carbonyl (C=O) groups is 2. The number of benzene rings is 1. The molecule has 5 heteroatoms. The van der Waals surface area contributed by atoms with E-state index >= 15 is 0 Å². The number of amides is 2. The van der Waals surface area contributed by atoms with E-state index in [0.717, 1.165) is 18.7 Å². The summed E-state index contributed by atoms with van der Waals surface area (Å²) < 4.78 is 0. The van der Waals surface area contributed by atoms with Crippen LogP contribution in [0.4, 0.5) is 5.69 Å². The van der Waals surface area contributed by atoms with Crippen LogP contribution in [0, 0.1) is 0 Å². The SMILES string of the molecule is O=C1CN(c2ccc(CC3CCCN3)cc2)C(=O)CN1. The van der Waals surface area contributed by atoms with E-state index in [9.17, 15) is 9.59 Å². The molecule has 2 saturated heterocycles. The Hall–Kier alpha value is -1.88. The molecular weight excluding hydrogens is 254 g/mol. The highest BCUT2D eigenvalue weighted by atomic mass is 16.2. The number of hydrogen-bond acceptors (Lipinski definition) is 3. The highest BCUT2D eigenvalue weighted by molar-refractivity contribution is 6.04. The largest absolute Gasteiger partial charge is 0.345 e. The third-order valence-electron chi connectivity index (χ3n) is 3.93. The first-order valence-corrected chi connectivity index (χ1v) is 7.12. The summed E-state index contributed by atoms with van der Waals surface area (Å²) in [6.07, 6.45) is 3.50. The monoisotopic (exact) mass is 273 g/mol. The highest BCUT2D eigenvalue weighted by Gasteiger charge is 2.24. The van der Waals surface area contributed by atoms with Gasteiger partial charge in [0.25, 0.3) is 0 Å². The maximum atomic E-state index is 11.8. The smallest absolute Gasteiger partial charge is 0.246 e. The first-order valence-electron chi connectivity index (χ1n) is 7.12. The second-order valence-electron chi connectivity index (χ2n) is 5.42. The van der Waals surface area contributed by atoms with Gasteiger partial charge >= 0.3 is 0 Å². The molecule has 0 spiro atoms. The van der Waals surface area contributed by atoms with Crippen LogP contribution in [0.25, 0.3) is 0 Å². The van der Waals surface area contributed by atoms with Gasteiger partial charge in [0.15, 0.2) is 0 Å². The quantitative estimate of drug-likeness (QED) is 0.840. The average molecular weight is 273 g/mol. The van der Waals surface area contributed by atoms with Gasteiger partial charge in [-0.1, -0.05) is 12.1 Å². The van der Waals surface area contributed by atoms with Gasteiger partial charge in [-0.3, -0.25) is 9.59 Å². The van der Waals surface area contributed by atoms with Gasteiger partial charge < -0.3 is 15.5 Å². The molecule has 2 amide bonds. The Morgan fingerprint density at radius 2 is 2.00 bits per heavy atom. The van der Waals surface area contributed by atoms with Crippen molar-refractivity contribution in [2.24, 2.45) is 0 Å². The van der Waals surface area contributed by atoms with Gasteiger partial charge in [-0.2, -0.15) is 0 Å². The Labute approximate surface area is 118 Å². The minimum absolute atomic E-state index is 0.0604. The van der Waals surface area contributed by atoms with Crippen molar-refractivity contribution in [1.82, 2.24) is 10.6 Å². The molecule has 1 atom stereocenters. The van der Waals surface area contributed by atoms with Gasteiger partial charge in [0.05, 0.1) is 6.54 Å². The fraction of sp³-hybridized carbons (Fsp3) is 0.467. The molecule has 5 nitrogen and oxygen atoms in total. The van der Waals surface area contributed by atoms with Crippen molar-refractivity contribution in [3.05, 3.63) is 29.8 Å². The lowest BCUT2D eigenvalue weighted by Gasteiger charge is -2.26. The standard InChI is InChI=1S/C15H19N3O2/c19-14-10-18(15(20)9-17-14)13-5-3-11(4-6-13)8-12-2-1-7-16-12/h3-6,12,16H,1-2,7-10H2,(H,17,19). The summed E-state index contributed by atoms with van der Waals surface area (Å²) in [7, 11) is 0. The van der Waals surface area contributed by atoms with E-state index in [4.69, 9.17) is 0 Å². The van der Waals surface area contributed by atoms with E-state index in [2.05, 4.69) is 22.8 Å². The molecule has 1 unspecified atom stereocenters. The lowest BCUT2D eigenvalue weighted by atomic mass is 10.0. The predicted octanol–water partition coefficient (Wildman–Crippen LogP) is 0.444. The highest BCUT2D eigenvalue weighted by Crippen LogP contribution is 2.19. The van der Waals surface area contributed by atoms with Gasteiger partial charge in [0.1, 0.15) is 6.54 Å².